The molecular weight excluding hydrogens is 278 g/mol. The molecule has 0 spiro atoms. The van der Waals surface area contributed by atoms with Crippen LogP contribution in [0.5, 0.6) is 0 Å². The molecule has 0 saturated carbocycles. The fourth-order valence-electron chi connectivity index (χ4n) is 3.32. The summed E-state index contributed by atoms with van der Waals surface area (Å²) >= 11 is 6.10. The molecule has 21 heavy (non-hydrogen) atoms. The molecule has 2 unspecified atom stereocenters. The van der Waals surface area contributed by atoms with Gasteiger partial charge in [0.15, 0.2) is 0 Å². The van der Waals surface area contributed by atoms with Gasteiger partial charge in [-0.15, -0.1) is 0 Å². The summed E-state index contributed by atoms with van der Waals surface area (Å²) in [5, 5.41) is 4.72. The normalized spacial score (nSPS) is 18.5. The molecule has 2 aromatic carbocycles. The minimum Gasteiger partial charge on any atom is -0.303 e. The van der Waals surface area contributed by atoms with Crippen LogP contribution in [-0.4, -0.2) is 0 Å². The molecule has 0 aromatic heterocycles. The summed E-state index contributed by atoms with van der Waals surface area (Å²) in [4.78, 5) is 0. The van der Waals surface area contributed by atoms with Crippen LogP contribution < -0.4 is 5.32 Å². The van der Waals surface area contributed by atoms with Crippen LogP contribution >= 0.6 is 11.6 Å². The van der Waals surface area contributed by atoms with E-state index in [-0.39, 0.29) is 0 Å². The molecule has 1 aliphatic carbocycles. The highest BCUT2D eigenvalue weighted by molar-refractivity contribution is 6.30. The van der Waals surface area contributed by atoms with Gasteiger partial charge in [0.1, 0.15) is 0 Å². The second kappa shape index (κ2) is 6.64. The number of hydrogen-bond donors (Lipinski definition) is 1. The lowest BCUT2D eigenvalue weighted by Gasteiger charge is -2.24. The van der Waals surface area contributed by atoms with Gasteiger partial charge >= 0.3 is 0 Å². The van der Waals surface area contributed by atoms with Crippen LogP contribution in [0, 0.1) is 0 Å². The van der Waals surface area contributed by atoms with Gasteiger partial charge in [-0.1, -0.05) is 61.3 Å². The third-order valence-electron chi connectivity index (χ3n) is 4.36. The Balaban J connectivity index is 1.79. The first-order valence-corrected chi connectivity index (χ1v) is 8.25. The van der Waals surface area contributed by atoms with Gasteiger partial charge in [0.25, 0.3) is 0 Å². The standard InChI is InChI=1S/C19H22ClN/c1-2-6-18(14-7-4-3-5-8-14)21-19-12-9-15-13-16(20)10-11-17(15)19/h3-5,7-8,10-11,13,18-19,21H,2,6,9,12H2,1H3. The highest BCUT2D eigenvalue weighted by Gasteiger charge is 2.25. The molecule has 110 valence electrons. The van der Waals surface area contributed by atoms with E-state index in [0.29, 0.717) is 12.1 Å². The quantitative estimate of drug-likeness (QED) is 0.773. The zero-order chi connectivity index (χ0) is 14.7. The number of fused-ring (bicyclic) bond motifs is 1. The van der Waals surface area contributed by atoms with E-state index in [1.165, 1.54) is 36.0 Å². The van der Waals surface area contributed by atoms with Crippen LogP contribution in [0.15, 0.2) is 48.5 Å². The van der Waals surface area contributed by atoms with Crippen molar-refractivity contribution in [3.05, 3.63) is 70.2 Å². The second-order valence-corrected chi connectivity index (χ2v) is 6.29. The molecule has 0 amide bonds. The zero-order valence-corrected chi connectivity index (χ0v) is 13.2. The molecule has 0 saturated heterocycles. The Kier molecular flexibility index (Phi) is 4.62. The first-order chi connectivity index (χ1) is 10.3. The summed E-state index contributed by atoms with van der Waals surface area (Å²) < 4.78 is 0. The van der Waals surface area contributed by atoms with Gasteiger partial charge in [-0.25, -0.2) is 0 Å². The van der Waals surface area contributed by atoms with Gasteiger partial charge in [0, 0.05) is 17.1 Å². The maximum Gasteiger partial charge on any atom is 0.0408 e. The molecule has 0 fully saturated rings. The highest BCUT2D eigenvalue weighted by Crippen LogP contribution is 2.35. The Labute approximate surface area is 132 Å². The predicted octanol–water partition coefficient (Wildman–Crippen LogP) is 5.46. The number of rotatable bonds is 5. The number of hydrogen-bond acceptors (Lipinski definition) is 1. The monoisotopic (exact) mass is 299 g/mol. The lowest BCUT2D eigenvalue weighted by molar-refractivity contribution is 0.419. The SMILES string of the molecule is CCCC(NC1CCc2cc(Cl)ccc21)c1ccccc1. The molecule has 0 aliphatic heterocycles. The van der Waals surface area contributed by atoms with Crippen LogP contribution in [0.25, 0.3) is 0 Å². The van der Waals surface area contributed by atoms with Crippen molar-refractivity contribution in [2.45, 2.75) is 44.7 Å². The fraction of sp³-hybridized carbons (Fsp3) is 0.368. The third-order valence-corrected chi connectivity index (χ3v) is 4.60. The molecule has 1 nitrogen and oxygen atoms in total. The molecule has 1 N–H and O–H groups in total. The summed E-state index contributed by atoms with van der Waals surface area (Å²) in [6.07, 6.45) is 4.65. The predicted molar refractivity (Wildman–Crippen MR) is 89.7 cm³/mol. The van der Waals surface area contributed by atoms with E-state index in [1.807, 2.05) is 6.07 Å². The van der Waals surface area contributed by atoms with Crippen molar-refractivity contribution < 1.29 is 0 Å². The van der Waals surface area contributed by atoms with Crippen molar-refractivity contribution in [2.24, 2.45) is 0 Å². The largest absolute Gasteiger partial charge is 0.303 e. The molecule has 0 bridgehead atoms. The number of nitrogens with one attached hydrogen (secondary N) is 1. The summed E-state index contributed by atoms with van der Waals surface area (Å²) in [6, 6.07) is 18.0. The van der Waals surface area contributed by atoms with Crippen molar-refractivity contribution in [1.82, 2.24) is 5.32 Å². The summed E-state index contributed by atoms with van der Waals surface area (Å²) in [5.74, 6) is 0. The van der Waals surface area contributed by atoms with E-state index >= 15 is 0 Å². The van der Waals surface area contributed by atoms with Crippen LogP contribution in [0.1, 0.15) is 55.0 Å². The van der Waals surface area contributed by atoms with E-state index in [0.717, 1.165) is 11.4 Å². The smallest absolute Gasteiger partial charge is 0.0408 e. The summed E-state index contributed by atoms with van der Waals surface area (Å²) in [6.45, 7) is 2.25. The van der Waals surface area contributed by atoms with Gasteiger partial charge in [-0.3, -0.25) is 0 Å². The van der Waals surface area contributed by atoms with Crippen LogP contribution in [0.2, 0.25) is 5.02 Å². The van der Waals surface area contributed by atoms with Crippen LogP contribution in [-0.2, 0) is 6.42 Å². The molecule has 3 rings (SSSR count). The molecule has 2 atom stereocenters. The van der Waals surface area contributed by atoms with Crippen molar-refractivity contribution in [2.75, 3.05) is 0 Å². The van der Waals surface area contributed by atoms with E-state index in [1.54, 1.807) is 0 Å². The maximum absolute atomic E-state index is 6.10. The lowest BCUT2D eigenvalue weighted by Crippen LogP contribution is -2.25. The Morgan fingerprint density at radius 3 is 2.76 bits per heavy atom. The van der Waals surface area contributed by atoms with E-state index in [2.05, 4.69) is 54.7 Å². The highest BCUT2D eigenvalue weighted by atomic mass is 35.5. The van der Waals surface area contributed by atoms with Crippen molar-refractivity contribution in [3.8, 4) is 0 Å². The molecule has 0 radical (unpaired) electrons. The van der Waals surface area contributed by atoms with E-state index in [9.17, 15) is 0 Å². The third kappa shape index (κ3) is 3.30. The molecule has 0 heterocycles. The first kappa shape index (κ1) is 14.6. The molecule has 2 aromatic rings. The Morgan fingerprint density at radius 2 is 2.00 bits per heavy atom. The van der Waals surface area contributed by atoms with Crippen molar-refractivity contribution in [3.63, 3.8) is 0 Å². The van der Waals surface area contributed by atoms with Gasteiger partial charge in [0.2, 0.25) is 0 Å². The summed E-state index contributed by atoms with van der Waals surface area (Å²) in [5.41, 5.74) is 4.22. The fourth-order valence-corrected chi connectivity index (χ4v) is 3.52. The number of aryl methyl sites for hydroxylation is 1. The van der Waals surface area contributed by atoms with E-state index < -0.39 is 0 Å². The zero-order valence-electron chi connectivity index (χ0n) is 12.5. The Bertz CT molecular complexity index is 594. The Hall–Kier alpha value is -1.31. The number of halogens is 1. The summed E-state index contributed by atoms with van der Waals surface area (Å²) in [7, 11) is 0. The minimum atomic E-state index is 0.433. The average molecular weight is 300 g/mol. The minimum absolute atomic E-state index is 0.433. The maximum atomic E-state index is 6.10. The van der Waals surface area contributed by atoms with Crippen molar-refractivity contribution in [1.29, 1.82) is 0 Å². The Morgan fingerprint density at radius 1 is 1.19 bits per heavy atom. The molecule has 2 heteroatoms. The van der Waals surface area contributed by atoms with Crippen LogP contribution in [0.4, 0.5) is 0 Å². The number of benzene rings is 2. The second-order valence-electron chi connectivity index (χ2n) is 5.85. The molecule has 1 aliphatic rings. The van der Waals surface area contributed by atoms with Crippen molar-refractivity contribution >= 4 is 11.6 Å². The lowest BCUT2D eigenvalue weighted by atomic mass is 10.00. The average Bonchev–Trinajstić information content (AvgIpc) is 2.90. The first-order valence-electron chi connectivity index (χ1n) is 7.87. The van der Waals surface area contributed by atoms with Gasteiger partial charge in [0.05, 0.1) is 0 Å². The van der Waals surface area contributed by atoms with Gasteiger partial charge < -0.3 is 5.32 Å². The van der Waals surface area contributed by atoms with Gasteiger partial charge in [-0.05, 0) is 48.1 Å². The van der Waals surface area contributed by atoms with Gasteiger partial charge in [-0.2, -0.15) is 0 Å². The van der Waals surface area contributed by atoms with Crippen LogP contribution in [0.3, 0.4) is 0 Å². The topological polar surface area (TPSA) is 12.0 Å². The molecular formula is C19H22ClN. The van der Waals surface area contributed by atoms with E-state index in [4.69, 9.17) is 11.6 Å².